The smallest absolute Gasteiger partial charge is 0.344 e. The first-order valence-corrected chi connectivity index (χ1v) is 5.78. The highest BCUT2D eigenvalue weighted by molar-refractivity contribution is 6.08. The summed E-state index contributed by atoms with van der Waals surface area (Å²) in [5.41, 5.74) is -4.60. The molecule has 0 saturated carbocycles. The van der Waals surface area contributed by atoms with Crippen LogP contribution in [-0.2, 0) is 19.4 Å². The number of alkyl halides is 6. The molecule has 0 aliphatic rings. The van der Waals surface area contributed by atoms with E-state index in [-0.39, 0.29) is 0 Å². The standard InChI is InChI=1S/C15H9F6N/c1-22-12-4-2-8(14(16,17)18)6-10(12)11-7-9(15(19,20)21)3-5-13(11)22/h2-7H,1H3/i2D,3D,4D,5D,6D,7D. The van der Waals surface area contributed by atoms with Gasteiger partial charge in [-0.3, -0.25) is 0 Å². The van der Waals surface area contributed by atoms with Crippen molar-refractivity contribution in [1.82, 2.24) is 4.57 Å². The first-order valence-electron chi connectivity index (χ1n) is 8.78. The minimum absolute atomic E-state index is 0.487. The van der Waals surface area contributed by atoms with Gasteiger partial charge in [-0.25, -0.2) is 0 Å². The lowest BCUT2D eigenvalue weighted by Gasteiger charge is -2.07. The summed E-state index contributed by atoms with van der Waals surface area (Å²) in [7, 11) is 1.12. The molecule has 1 aromatic heterocycles. The molecule has 116 valence electrons. The molecule has 0 spiro atoms. The second-order valence-corrected chi connectivity index (χ2v) is 4.50. The number of rotatable bonds is 0. The zero-order chi connectivity index (χ0) is 21.5. The largest absolute Gasteiger partial charge is 0.416 e. The van der Waals surface area contributed by atoms with Gasteiger partial charge < -0.3 is 4.57 Å². The maximum Gasteiger partial charge on any atom is 0.416 e. The Hall–Kier alpha value is -2.18. The van der Waals surface area contributed by atoms with Crippen LogP contribution in [-0.4, -0.2) is 4.57 Å². The predicted octanol–water partition coefficient (Wildman–Crippen LogP) is 5.37. The van der Waals surface area contributed by atoms with E-state index in [9.17, 15) is 26.3 Å². The molecule has 0 unspecified atom stereocenters. The molecule has 1 heterocycles. The van der Waals surface area contributed by atoms with Gasteiger partial charge in [-0.2, -0.15) is 26.3 Å². The maximum atomic E-state index is 13.3. The van der Waals surface area contributed by atoms with Crippen molar-refractivity contribution >= 4 is 21.8 Å². The molecular weight excluding hydrogens is 308 g/mol. The van der Waals surface area contributed by atoms with Crippen molar-refractivity contribution < 1.29 is 34.6 Å². The Morgan fingerprint density at radius 2 is 1.14 bits per heavy atom. The normalized spacial score (nSPS) is 17.0. The van der Waals surface area contributed by atoms with Crippen LogP contribution in [0.4, 0.5) is 26.3 Å². The summed E-state index contributed by atoms with van der Waals surface area (Å²) >= 11 is 0. The second-order valence-electron chi connectivity index (χ2n) is 4.50. The van der Waals surface area contributed by atoms with Crippen molar-refractivity contribution in [2.24, 2.45) is 7.05 Å². The Labute approximate surface area is 129 Å². The number of hydrogen-bond donors (Lipinski definition) is 0. The van der Waals surface area contributed by atoms with Gasteiger partial charge in [0.1, 0.15) is 0 Å². The minimum atomic E-state index is -5.23. The molecule has 0 radical (unpaired) electrons. The summed E-state index contributed by atoms with van der Waals surface area (Å²) in [6, 6.07) is -7.39. The van der Waals surface area contributed by atoms with Crippen molar-refractivity contribution in [2.75, 3.05) is 0 Å². The average molecular weight is 323 g/mol. The first kappa shape index (κ1) is 9.07. The Balaban J connectivity index is 2.77. The lowest BCUT2D eigenvalue weighted by Crippen LogP contribution is -2.04. The van der Waals surface area contributed by atoms with Gasteiger partial charge in [-0.15, -0.1) is 0 Å². The highest BCUT2D eigenvalue weighted by atomic mass is 19.4. The molecule has 0 N–H and O–H groups in total. The summed E-state index contributed by atoms with van der Waals surface area (Å²) in [6.07, 6.45) is -10.5. The highest BCUT2D eigenvalue weighted by Gasteiger charge is 2.32. The van der Waals surface area contributed by atoms with Crippen molar-refractivity contribution in [3.63, 3.8) is 0 Å². The van der Waals surface area contributed by atoms with Crippen LogP contribution >= 0.6 is 0 Å². The number of nitrogens with zero attached hydrogens (tertiary/aromatic N) is 1. The van der Waals surface area contributed by atoms with Crippen molar-refractivity contribution in [3.8, 4) is 0 Å². The molecule has 0 saturated heterocycles. The molecule has 0 fully saturated rings. The first-order chi connectivity index (χ1) is 12.6. The number of benzene rings is 2. The van der Waals surface area contributed by atoms with Crippen LogP contribution in [0.3, 0.4) is 0 Å². The number of aryl methyl sites for hydroxylation is 1. The van der Waals surface area contributed by atoms with E-state index in [1.54, 1.807) is 0 Å². The molecule has 1 nitrogen and oxygen atoms in total. The maximum absolute atomic E-state index is 13.3. The minimum Gasteiger partial charge on any atom is -0.344 e. The van der Waals surface area contributed by atoms with E-state index < -0.39 is 81.5 Å². The third kappa shape index (κ3) is 2.20. The van der Waals surface area contributed by atoms with Gasteiger partial charge in [0, 0.05) is 28.9 Å². The summed E-state index contributed by atoms with van der Waals surface area (Å²) < 4.78 is 127. The predicted molar refractivity (Wildman–Crippen MR) is 70.4 cm³/mol. The second kappa shape index (κ2) is 4.41. The Morgan fingerprint density at radius 3 is 1.45 bits per heavy atom. The Kier molecular flexibility index (Phi) is 1.82. The quantitative estimate of drug-likeness (QED) is 0.490. The third-order valence-corrected chi connectivity index (χ3v) is 3.07. The SMILES string of the molecule is [2H]c1c(C(F)(F)F)c([2H])c2c3c([2H])c(C(F)(F)F)c([2H])c([2H])c3n(C)c2c1[2H]. The van der Waals surface area contributed by atoms with E-state index in [0.717, 1.165) is 11.6 Å². The van der Waals surface area contributed by atoms with E-state index in [2.05, 4.69) is 0 Å². The van der Waals surface area contributed by atoms with Crippen LogP contribution < -0.4 is 0 Å². The van der Waals surface area contributed by atoms with Crippen LogP contribution in [0.15, 0.2) is 36.3 Å². The monoisotopic (exact) mass is 323 g/mol. The lowest BCUT2D eigenvalue weighted by atomic mass is 10.1. The zero-order valence-electron chi connectivity index (χ0n) is 16.7. The molecule has 3 rings (SSSR count). The highest BCUT2D eigenvalue weighted by Crippen LogP contribution is 2.37. The molecule has 2 aromatic carbocycles. The van der Waals surface area contributed by atoms with Gasteiger partial charge in [-0.1, -0.05) is 0 Å². The van der Waals surface area contributed by atoms with Crippen LogP contribution in [0.25, 0.3) is 21.8 Å². The van der Waals surface area contributed by atoms with Crippen LogP contribution in [0.1, 0.15) is 19.4 Å². The third-order valence-electron chi connectivity index (χ3n) is 3.07. The summed E-state index contributed by atoms with van der Waals surface area (Å²) in [5.74, 6) is 0. The van der Waals surface area contributed by atoms with E-state index in [1.807, 2.05) is 0 Å². The van der Waals surface area contributed by atoms with Gasteiger partial charge in [0.15, 0.2) is 0 Å². The molecule has 0 bridgehead atoms. The summed E-state index contributed by atoms with van der Waals surface area (Å²) in [4.78, 5) is 0. The van der Waals surface area contributed by atoms with Gasteiger partial charge >= 0.3 is 12.4 Å². The van der Waals surface area contributed by atoms with Crippen LogP contribution in [0.2, 0.25) is 0 Å². The average Bonchev–Trinajstić information content (AvgIpc) is 2.82. The van der Waals surface area contributed by atoms with Gasteiger partial charge in [-0.05, 0) is 36.3 Å². The van der Waals surface area contributed by atoms with Gasteiger partial charge in [0.25, 0.3) is 0 Å². The fraction of sp³-hybridized carbons (Fsp3) is 0.200. The Morgan fingerprint density at radius 1 is 0.773 bits per heavy atom. The Bertz CT molecular complexity index is 1070. The summed E-state index contributed by atoms with van der Waals surface area (Å²) in [5, 5.41) is -1.57. The topological polar surface area (TPSA) is 4.93 Å². The van der Waals surface area contributed by atoms with Crippen LogP contribution in [0, 0.1) is 0 Å². The number of aromatic nitrogens is 1. The number of hydrogen-bond acceptors (Lipinski definition) is 0. The van der Waals surface area contributed by atoms with E-state index in [0.29, 0.717) is 0 Å². The molecule has 3 aromatic rings. The van der Waals surface area contributed by atoms with Crippen molar-refractivity contribution in [3.05, 3.63) is 47.4 Å². The zero-order valence-corrected chi connectivity index (χ0v) is 10.7. The van der Waals surface area contributed by atoms with Crippen molar-refractivity contribution in [2.45, 2.75) is 12.4 Å². The van der Waals surface area contributed by atoms with E-state index >= 15 is 0 Å². The summed E-state index contributed by atoms with van der Waals surface area (Å²) in [6.45, 7) is 0. The molecule has 22 heavy (non-hydrogen) atoms. The number of fused-ring (bicyclic) bond motifs is 3. The van der Waals surface area contributed by atoms with Crippen LogP contribution in [0.5, 0.6) is 0 Å². The molecule has 0 aliphatic carbocycles. The molecule has 0 amide bonds. The molecule has 0 atom stereocenters. The fourth-order valence-corrected chi connectivity index (χ4v) is 2.06. The lowest BCUT2D eigenvalue weighted by molar-refractivity contribution is -0.138. The molecule has 7 heteroatoms. The molecular formula is C15H9F6N. The van der Waals surface area contributed by atoms with Crippen molar-refractivity contribution in [1.29, 1.82) is 0 Å². The van der Waals surface area contributed by atoms with Gasteiger partial charge in [0.2, 0.25) is 0 Å². The molecule has 0 aliphatic heterocycles. The van der Waals surface area contributed by atoms with E-state index in [1.165, 1.54) is 0 Å². The fourth-order valence-electron chi connectivity index (χ4n) is 2.06. The van der Waals surface area contributed by atoms with Gasteiger partial charge in [0.05, 0.1) is 19.4 Å². The number of halogens is 6. The van der Waals surface area contributed by atoms with E-state index in [4.69, 9.17) is 8.22 Å².